The zero-order valence-electron chi connectivity index (χ0n) is 14.3. The fourth-order valence-electron chi connectivity index (χ4n) is 2.82. The Kier molecular flexibility index (Phi) is 5.44. The lowest BCUT2D eigenvalue weighted by Gasteiger charge is -2.30. The smallest absolute Gasteiger partial charge is 0.255 e. The molecule has 2 aromatic carbocycles. The normalized spacial score (nSPS) is 16.6. The quantitative estimate of drug-likeness (QED) is 0.697. The van der Waals surface area contributed by atoms with Crippen molar-refractivity contribution in [3.05, 3.63) is 70.4 Å². The highest BCUT2D eigenvalue weighted by molar-refractivity contribution is 7.80. The third-order valence-electron chi connectivity index (χ3n) is 4.06. The highest BCUT2D eigenvalue weighted by atomic mass is 35.5. The van der Waals surface area contributed by atoms with Crippen LogP contribution in [-0.4, -0.2) is 18.1 Å². The number of ether oxygens (including phenoxy) is 1. The van der Waals surface area contributed by atoms with Gasteiger partial charge in [0.1, 0.15) is 5.75 Å². The number of rotatable bonds is 4. The highest BCUT2D eigenvalue weighted by Crippen LogP contribution is 2.30. The molecule has 26 heavy (non-hydrogen) atoms. The summed E-state index contributed by atoms with van der Waals surface area (Å²) in [5, 5.41) is 9.98. The minimum atomic E-state index is -0.402. The van der Waals surface area contributed by atoms with Gasteiger partial charge in [0, 0.05) is 5.70 Å². The molecule has 3 rings (SSSR count). The van der Waals surface area contributed by atoms with Crippen LogP contribution in [0.25, 0.3) is 0 Å². The molecule has 1 amide bonds. The zero-order valence-corrected chi connectivity index (χ0v) is 15.9. The van der Waals surface area contributed by atoms with Gasteiger partial charge < -0.3 is 20.7 Å². The Labute approximate surface area is 162 Å². The Morgan fingerprint density at radius 3 is 2.73 bits per heavy atom. The second kappa shape index (κ2) is 7.76. The van der Waals surface area contributed by atoms with Gasteiger partial charge >= 0.3 is 0 Å². The maximum atomic E-state index is 13.0. The molecular weight excluding hydrogens is 370 g/mol. The molecule has 5 nitrogen and oxygen atoms in total. The first-order chi connectivity index (χ1) is 12.5. The van der Waals surface area contributed by atoms with Crippen molar-refractivity contribution in [2.24, 2.45) is 0 Å². The Bertz CT molecular complexity index is 898. The highest BCUT2D eigenvalue weighted by Gasteiger charge is 2.30. The van der Waals surface area contributed by atoms with E-state index < -0.39 is 6.04 Å². The Balaban J connectivity index is 1.97. The molecule has 7 heteroatoms. The van der Waals surface area contributed by atoms with E-state index in [1.165, 1.54) is 0 Å². The van der Waals surface area contributed by atoms with Gasteiger partial charge in [-0.2, -0.15) is 0 Å². The number of nitrogens with one attached hydrogen (secondary N) is 3. The summed E-state index contributed by atoms with van der Waals surface area (Å²) >= 11 is 11.4. The SMILES string of the molecule is COc1cccc([C@H]2NC(=S)NC(C)=C2C(=O)Nc2ccccc2Cl)c1. The fourth-order valence-corrected chi connectivity index (χ4v) is 3.27. The van der Waals surface area contributed by atoms with Gasteiger partial charge in [-0.05, 0) is 49.0 Å². The van der Waals surface area contributed by atoms with Gasteiger partial charge in [0.25, 0.3) is 5.91 Å². The maximum Gasteiger partial charge on any atom is 0.255 e. The van der Waals surface area contributed by atoms with Crippen LogP contribution in [0.15, 0.2) is 59.8 Å². The lowest BCUT2D eigenvalue weighted by Crippen LogP contribution is -2.45. The summed E-state index contributed by atoms with van der Waals surface area (Å²) in [4.78, 5) is 13.0. The summed E-state index contributed by atoms with van der Waals surface area (Å²) in [6.07, 6.45) is 0. The van der Waals surface area contributed by atoms with Crippen molar-refractivity contribution < 1.29 is 9.53 Å². The number of benzene rings is 2. The second-order valence-corrected chi connectivity index (χ2v) is 6.60. The Hall–Kier alpha value is -2.57. The van der Waals surface area contributed by atoms with Crippen molar-refractivity contribution in [3.63, 3.8) is 0 Å². The van der Waals surface area contributed by atoms with Gasteiger partial charge in [-0.1, -0.05) is 35.9 Å². The summed E-state index contributed by atoms with van der Waals surface area (Å²) in [7, 11) is 1.60. The van der Waals surface area contributed by atoms with Crippen molar-refractivity contribution in [2.45, 2.75) is 13.0 Å². The molecule has 0 radical (unpaired) electrons. The van der Waals surface area contributed by atoms with Gasteiger partial charge in [0.05, 0.1) is 29.4 Å². The molecule has 1 heterocycles. The number of allylic oxidation sites excluding steroid dienone is 1. The minimum Gasteiger partial charge on any atom is -0.497 e. The summed E-state index contributed by atoms with van der Waals surface area (Å²) < 4.78 is 5.30. The van der Waals surface area contributed by atoms with Crippen molar-refractivity contribution in [3.8, 4) is 5.75 Å². The molecule has 1 aliphatic heterocycles. The lowest BCUT2D eigenvalue weighted by molar-refractivity contribution is -0.113. The van der Waals surface area contributed by atoms with Crippen molar-refractivity contribution in [1.82, 2.24) is 10.6 Å². The molecule has 0 bridgehead atoms. The lowest BCUT2D eigenvalue weighted by atomic mass is 9.94. The summed E-state index contributed by atoms with van der Waals surface area (Å²) in [5.41, 5.74) is 2.65. The van der Waals surface area contributed by atoms with E-state index in [0.29, 0.717) is 32.8 Å². The molecule has 1 aliphatic rings. The molecule has 0 unspecified atom stereocenters. The largest absolute Gasteiger partial charge is 0.497 e. The number of hydrogen-bond donors (Lipinski definition) is 3. The molecule has 0 aliphatic carbocycles. The van der Waals surface area contributed by atoms with E-state index in [4.69, 9.17) is 28.6 Å². The molecule has 0 fully saturated rings. The van der Waals surface area contributed by atoms with Crippen LogP contribution in [0.1, 0.15) is 18.5 Å². The number of halogens is 1. The van der Waals surface area contributed by atoms with Crippen LogP contribution < -0.4 is 20.7 Å². The average molecular weight is 388 g/mol. The first-order valence-corrected chi connectivity index (χ1v) is 8.76. The number of para-hydroxylation sites is 1. The average Bonchev–Trinajstić information content (AvgIpc) is 2.63. The van der Waals surface area contributed by atoms with E-state index in [-0.39, 0.29) is 5.91 Å². The summed E-state index contributed by atoms with van der Waals surface area (Å²) in [6, 6.07) is 14.2. The third kappa shape index (κ3) is 3.81. The number of carbonyl (C=O) groups is 1. The predicted octanol–water partition coefficient (Wildman–Crippen LogP) is 3.78. The molecule has 0 aromatic heterocycles. The summed E-state index contributed by atoms with van der Waals surface area (Å²) in [5.74, 6) is 0.447. The molecule has 134 valence electrons. The van der Waals surface area contributed by atoms with Crippen LogP contribution in [-0.2, 0) is 4.79 Å². The number of anilines is 1. The summed E-state index contributed by atoms with van der Waals surface area (Å²) in [6.45, 7) is 1.82. The number of methoxy groups -OCH3 is 1. The molecule has 3 N–H and O–H groups in total. The number of amides is 1. The van der Waals surface area contributed by atoms with Crippen LogP contribution in [0.4, 0.5) is 5.69 Å². The third-order valence-corrected chi connectivity index (χ3v) is 4.61. The number of carbonyl (C=O) groups excluding carboxylic acids is 1. The standard InChI is InChI=1S/C19H18ClN3O2S/c1-11-16(18(24)22-15-9-4-3-8-14(15)20)17(23-19(26)21-11)12-6-5-7-13(10-12)25-2/h3-10,17H,1-2H3,(H,22,24)(H2,21,23,26)/t17-/m1/s1. The van der Waals surface area contributed by atoms with Gasteiger partial charge in [-0.3, -0.25) is 4.79 Å². The predicted molar refractivity (Wildman–Crippen MR) is 107 cm³/mol. The second-order valence-electron chi connectivity index (χ2n) is 5.78. The molecule has 0 saturated heterocycles. The number of hydrogen-bond acceptors (Lipinski definition) is 3. The van der Waals surface area contributed by atoms with E-state index in [9.17, 15) is 4.79 Å². The first kappa shape index (κ1) is 18.2. The first-order valence-electron chi connectivity index (χ1n) is 7.97. The molecule has 2 aromatic rings. The Morgan fingerprint density at radius 2 is 2.00 bits per heavy atom. The molecular formula is C19H18ClN3O2S. The van der Waals surface area contributed by atoms with Crippen LogP contribution in [0.5, 0.6) is 5.75 Å². The van der Waals surface area contributed by atoms with Crippen LogP contribution >= 0.6 is 23.8 Å². The van der Waals surface area contributed by atoms with Gasteiger partial charge in [-0.15, -0.1) is 0 Å². The van der Waals surface area contributed by atoms with Gasteiger partial charge in [-0.25, -0.2) is 0 Å². The van der Waals surface area contributed by atoms with Crippen molar-refractivity contribution >= 4 is 40.5 Å². The maximum absolute atomic E-state index is 13.0. The molecule has 0 saturated carbocycles. The van der Waals surface area contributed by atoms with Crippen molar-refractivity contribution in [2.75, 3.05) is 12.4 Å². The van der Waals surface area contributed by atoms with Crippen molar-refractivity contribution in [1.29, 1.82) is 0 Å². The van der Waals surface area contributed by atoms with Gasteiger partial charge in [0.2, 0.25) is 0 Å². The van der Waals surface area contributed by atoms with Gasteiger partial charge in [0.15, 0.2) is 5.11 Å². The monoisotopic (exact) mass is 387 g/mol. The van der Waals surface area contributed by atoms with E-state index in [1.807, 2.05) is 43.3 Å². The fraction of sp³-hybridized carbons (Fsp3) is 0.158. The van der Waals surface area contributed by atoms with E-state index in [0.717, 1.165) is 5.56 Å². The molecule has 1 atom stereocenters. The minimum absolute atomic E-state index is 0.258. The van der Waals surface area contributed by atoms with Crippen LogP contribution in [0, 0.1) is 0 Å². The molecule has 0 spiro atoms. The van der Waals surface area contributed by atoms with Crippen LogP contribution in [0.2, 0.25) is 5.02 Å². The zero-order chi connectivity index (χ0) is 18.7. The number of thiocarbonyl (C=S) groups is 1. The van der Waals surface area contributed by atoms with E-state index >= 15 is 0 Å². The Morgan fingerprint density at radius 1 is 1.23 bits per heavy atom. The van der Waals surface area contributed by atoms with Crippen LogP contribution in [0.3, 0.4) is 0 Å². The van der Waals surface area contributed by atoms with E-state index in [2.05, 4.69) is 16.0 Å². The topological polar surface area (TPSA) is 62.4 Å². The van der Waals surface area contributed by atoms with E-state index in [1.54, 1.807) is 19.2 Å².